The third-order valence-corrected chi connectivity index (χ3v) is 1.93. The Balaban J connectivity index is 2.35. The van der Waals surface area contributed by atoms with Crippen molar-refractivity contribution in [3.8, 4) is 0 Å². The summed E-state index contributed by atoms with van der Waals surface area (Å²) in [6, 6.07) is 0. The molecule has 0 radical (unpaired) electrons. The fourth-order valence-electron chi connectivity index (χ4n) is 0.707. The second-order valence-electron chi connectivity index (χ2n) is 1.72. The van der Waals surface area contributed by atoms with Crippen molar-refractivity contribution in [2.24, 2.45) is 0 Å². The van der Waals surface area contributed by atoms with Gasteiger partial charge in [-0.2, -0.15) is 0 Å². The summed E-state index contributed by atoms with van der Waals surface area (Å²) in [4.78, 5) is 0. The molecule has 48 valence electrons. The average Bonchev–Trinajstić information content (AvgIpc) is 2.12. The Morgan fingerprint density at radius 1 is 1.75 bits per heavy atom. The van der Waals surface area contributed by atoms with Crippen LogP contribution in [0.3, 0.4) is 0 Å². The molecule has 1 saturated heterocycles. The van der Waals surface area contributed by atoms with Gasteiger partial charge in [0, 0.05) is 6.61 Å². The Kier molecular flexibility index (Phi) is 1.99. The highest BCUT2D eigenvalue weighted by Gasteiger charge is 2.19. The Morgan fingerprint density at radius 2 is 2.50 bits per heavy atom. The first kappa shape index (κ1) is 6.19. The van der Waals surface area contributed by atoms with E-state index in [4.69, 9.17) is 9.29 Å². The lowest BCUT2D eigenvalue weighted by molar-refractivity contribution is 0.164. The number of hydrogen-bond donors (Lipinski definition) is 1. The van der Waals surface area contributed by atoms with Crippen molar-refractivity contribution < 1.29 is 13.5 Å². The molecule has 3 nitrogen and oxygen atoms in total. The molecule has 0 aromatic rings. The van der Waals surface area contributed by atoms with E-state index in [9.17, 15) is 4.21 Å². The van der Waals surface area contributed by atoms with Gasteiger partial charge in [-0.05, 0) is 12.8 Å². The summed E-state index contributed by atoms with van der Waals surface area (Å²) in [6.45, 7) is 0.636. The van der Waals surface area contributed by atoms with Crippen molar-refractivity contribution in [1.29, 1.82) is 0 Å². The SMILES string of the molecule is O=S(O)C1CCCO1. The average molecular weight is 136 g/mol. The molecule has 4 heteroatoms. The van der Waals surface area contributed by atoms with E-state index in [0.717, 1.165) is 12.8 Å². The topological polar surface area (TPSA) is 46.5 Å². The van der Waals surface area contributed by atoms with Gasteiger partial charge in [0.2, 0.25) is 0 Å². The third kappa shape index (κ3) is 1.27. The first-order valence-corrected chi connectivity index (χ1v) is 3.69. The second-order valence-corrected chi connectivity index (χ2v) is 2.80. The standard InChI is InChI=1S/C4H8O3S/c5-8(6)4-2-1-3-7-4/h4H,1-3H2,(H,5,6). The summed E-state index contributed by atoms with van der Waals surface area (Å²) in [5.74, 6) is 0. The van der Waals surface area contributed by atoms with E-state index < -0.39 is 16.5 Å². The molecule has 1 heterocycles. The van der Waals surface area contributed by atoms with Crippen molar-refractivity contribution in [2.75, 3.05) is 6.61 Å². The predicted octanol–water partition coefficient (Wildman–Crippen LogP) is 0.345. The van der Waals surface area contributed by atoms with Gasteiger partial charge >= 0.3 is 0 Å². The van der Waals surface area contributed by atoms with Gasteiger partial charge in [-0.3, -0.25) is 0 Å². The summed E-state index contributed by atoms with van der Waals surface area (Å²) in [5.41, 5.74) is -0.407. The Labute approximate surface area is 50.3 Å². The van der Waals surface area contributed by atoms with E-state index in [1.54, 1.807) is 0 Å². The van der Waals surface area contributed by atoms with E-state index in [1.165, 1.54) is 0 Å². The Morgan fingerprint density at radius 3 is 2.75 bits per heavy atom. The van der Waals surface area contributed by atoms with Crippen LogP contribution < -0.4 is 0 Å². The van der Waals surface area contributed by atoms with Crippen LogP contribution in [0.25, 0.3) is 0 Å². The summed E-state index contributed by atoms with van der Waals surface area (Å²) in [6.07, 6.45) is 1.64. The molecule has 1 aliphatic rings. The second kappa shape index (κ2) is 2.57. The highest BCUT2D eigenvalue weighted by molar-refractivity contribution is 7.79. The lowest BCUT2D eigenvalue weighted by Gasteiger charge is -1.99. The molecule has 0 amide bonds. The molecule has 2 unspecified atom stereocenters. The Hall–Kier alpha value is 0.0700. The van der Waals surface area contributed by atoms with Gasteiger partial charge in [0.15, 0.2) is 16.5 Å². The Bertz CT molecular complexity index is 97.5. The van der Waals surface area contributed by atoms with E-state index in [1.807, 2.05) is 0 Å². The van der Waals surface area contributed by atoms with Gasteiger partial charge in [0.05, 0.1) is 0 Å². The van der Waals surface area contributed by atoms with Crippen molar-refractivity contribution >= 4 is 11.1 Å². The molecule has 0 bridgehead atoms. The summed E-state index contributed by atoms with van der Waals surface area (Å²) < 4.78 is 23.5. The van der Waals surface area contributed by atoms with Crippen LogP contribution in [0.1, 0.15) is 12.8 Å². The van der Waals surface area contributed by atoms with Crippen LogP contribution in [0.4, 0.5) is 0 Å². The number of ether oxygens (including phenoxy) is 1. The zero-order chi connectivity index (χ0) is 5.98. The molecule has 0 aromatic heterocycles. The molecule has 0 saturated carbocycles. The molecular formula is C4H8O3S. The number of rotatable bonds is 1. The summed E-state index contributed by atoms with van der Waals surface area (Å²) in [5, 5.41) is 0. The van der Waals surface area contributed by atoms with Crippen LogP contribution in [0, 0.1) is 0 Å². The minimum absolute atomic E-state index is 0.407. The van der Waals surface area contributed by atoms with Gasteiger partial charge in [-0.1, -0.05) is 0 Å². The lowest BCUT2D eigenvalue weighted by Crippen LogP contribution is -2.11. The fourth-order valence-corrected chi connectivity index (χ4v) is 1.29. The van der Waals surface area contributed by atoms with E-state index in [0.29, 0.717) is 6.61 Å². The summed E-state index contributed by atoms with van der Waals surface area (Å²) >= 11 is -1.76. The molecule has 0 aromatic carbocycles. The van der Waals surface area contributed by atoms with Crippen molar-refractivity contribution in [3.63, 3.8) is 0 Å². The van der Waals surface area contributed by atoms with Gasteiger partial charge in [-0.15, -0.1) is 0 Å². The molecule has 1 rings (SSSR count). The maximum atomic E-state index is 10.2. The minimum atomic E-state index is -1.76. The minimum Gasteiger partial charge on any atom is -0.362 e. The van der Waals surface area contributed by atoms with E-state index in [-0.39, 0.29) is 0 Å². The van der Waals surface area contributed by atoms with Crippen LogP contribution in [-0.4, -0.2) is 20.8 Å². The van der Waals surface area contributed by atoms with E-state index >= 15 is 0 Å². The van der Waals surface area contributed by atoms with E-state index in [2.05, 4.69) is 0 Å². The van der Waals surface area contributed by atoms with Crippen LogP contribution >= 0.6 is 0 Å². The quantitative estimate of drug-likeness (QED) is 0.529. The van der Waals surface area contributed by atoms with Crippen LogP contribution in [0.5, 0.6) is 0 Å². The largest absolute Gasteiger partial charge is 0.362 e. The van der Waals surface area contributed by atoms with Gasteiger partial charge in [-0.25, -0.2) is 4.21 Å². The molecule has 1 fully saturated rings. The first-order valence-electron chi connectivity index (χ1n) is 2.52. The first-order chi connectivity index (χ1) is 3.80. The van der Waals surface area contributed by atoms with Crippen molar-refractivity contribution in [2.45, 2.75) is 18.3 Å². The molecule has 0 spiro atoms. The van der Waals surface area contributed by atoms with Gasteiger partial charge in [0.1, 0.15) is 0 Å². The maximum Gasteiger partial charge on any atom is 0.182 e. The van der Waals surface area contributed by atoms with Crippen LogP contribution in [0.15, 0.2) is 0 Å². The monoisotopic (exact) mass is 136 g/mol. The molecule has 1 N–H and O–H groups in total. The zero-order valence-electron chi connectivity index (χ0n) is 4.37. The van der Waals surface area contributed by atoms with Gasteiger partial charge in [0.25, 0.3) is 0 Å². The smallest absolute Gasteiger partial charge is 0.182 e. The van der Waals surface area contributed by atoms with Crippen LogP contribution in [0.2, 0.25) is 0 Å². The zero-order valence-corrected chi connectivity index (χ0v) is 5.19. The fraction of sp³-hybridized carbons (Fsp3) is 1.00. The molecule has 2 atom stereocenters. The van der Waals surface area contributed by atoms with Crippen molar-refractivity contribution in [3.05, 3.63) is 0 Å². The summed E-state index contributed by atoms with van der Waals surface area (Å²) in [7, 11) is 0. The molecule has 8 heavy (non-hydrogen) atoms. The van der Waals surface area contributed by atoms with Crippen LogP contribution in [-0.2, 0) is 15.8 Å². The maximum absolute atomic E-state index is 10.2. The highest BCUT2D eigenvalue weighted by atomic mass is 32.2. The lowest BCUT2D eigenvalue weighted by atomic mass is 10.4. The molecule has 1 aliphatic heterocycles. The predicted molar refractivity (Wildman–Crippen MR) is 29.7 cm³/mol. The highest BCUT2D eigenvalue weighted by Crippen LogP contribution is 2.13. The van der Waals surface area contributed by atoms with Crippen molar-refractivity contribution in [1.82, 2.24) is 0 Å². The van der Waals surface area contributed by atoms with Gasteiger partial charge < -0.3 is 9.29 Å². The molecular weight excluding hydrogens is 128 g/mol. The molecule has 0 aliphatic carbocycles. The third-order valence-electron chi connectivity index (χ3n) is 1.11. The number of hydrogen-bond acceptors (Lipinski definition) is 2. The normalized spacial score (nSPS) is 32.9.